The van der Waals surface area contributed by atoms with Crippen LogP contribution in [0.2, 0.25) is 0 Å². The Morgan fingerprint density at radius 2 is 2.05 bits per heavy atom. The fourth-order valence-electron chi connectivity index (χ4n) is 2.23. The van der Waals surface area contributed by atoms with Gasteiger partial charge in [-0.15, -0.1) is 0 Å². The van der Waals surface area contributed by atoms with Crippen LogP contribution in [0.15, 0.2) is 18.2 Å². The predicted octanol–water partition coefficient (Wildman–Crippen LogP) is 3.52. The highest BCUT2D eigenvalue weighted by atomic mass is 16.1. The molecule has 0 aliphatic rings. The summed E-state index contributed by atoms with van der Waals surface area (Å²) in [6.45, 7) is 7.07. The minimum absolute atomic E-state index is 0.0228. The van der Waals surface area contributed by atoms with Gasteiger partial charge in [0, 0.05) is 17.8 Å². The SMILES string of the molecule is CCCCC(CC)CNC(=O)c1cc(C)cc(N)c1. The number of anilines is 1. The van der Waals surface area contributed by atoms with Crippen LogP contribution in [0.5, 0.6) is 0 Å². The molecule has 0 spiro atoms. The third-order valence-electron chi connectivity index (χ3n) is 3.46. The molecule has 1 aromatic carbocycles. The van der Waals surface area contributed by atoms with Gasteiger partial charge in [0.1, 0.15) is 0 Å². The molecule has 1 atom stereocenters. The van der Waals surface area contributed by atoms with E-state index in [1.807, 2.05) is 19.1 Å². The van der Waals surface area contributed by atoms with Gasteiger partial charge in [0.15, 0.2) is 0 Å². The summed E-state index contributed by atoms with van der Waals surface area (Å²) in [6, 6.07) is 5.47. The predicted molar refractivity (Wildman–Crippen MR) is 81.2 cm³/mol. The number of nitrogens with two attached hydrogens (primary N) is 1. The molecule has 106 valence electrons. The number of aryl methyl sites for hydroxylation is 1. The highest BCUT2D eigenvalue weighted by Gasteiger charge is 2.10. The van der Waals surface area contributed by atoms with Gasteiger partial charge in [-0.2, -0.15) is 0 Å². The Morgan fingerprint density at radius 1 is 1.32 bits per heavy atom. The van der Waals surface area contributed by atoms with E-state index in [0.717, 1.165) is 18.5 Å². The molecule has 1 amide bonds. The second-order valence-electron chi connectivity index (χ2n) is 5.26. The molecule has 0 radical (unpaired) electrons. The number of carbonyl (C=O) groups excluding carboxylic acids is 1. The first kappa shape index (κ1) is 15.5. The molecular weight excluding hydrogens is 236 g/mol. The van der Waals surface area contributed by atoms with Crippen molar-refractivity contribution in [2.45, 2.75) is 46.5 Å². The van der Waals surface area contributed by atoms with Crippen molar-refractivity contribution in [1.82, 2.24) is 5.32 Å². The highest BCUT2D eigenvalue weighted by Crippen LogP contribution is 2.13. The second-order valence-corrected chi connectivity index (χ2v) is 5.26. The number of nitrogen functional groups attached to an aromatic ring is 1. The van der Waals surface area contributed by atoms with E-state index in [4.69, 9.17) is 5.73 Å². The smallest absolute Gasteiger partial charge is 0.251 e. The quantitative estimate of drug-likeness (QED) is 0.739. The molecule has 0 saturated heterocycles. The lowest BCUT2D eigenvalue weighted by Crippen LogP contribution is -2.29. The van der Waals surface area contributed by atoms with Crippen molar-refractivity contribution in [3.63, 3.8) is 0 Å². The van der Waals surface area contributed by atoms with Gasteiger partial charge in [-0.1, -0.05) is 33.1 Å². The van der Waals surface area contributed by atoms with E-state index in [0.29, 0.717) is 17.2 Å². The van der Waals surface area contributed by atoms with Gasteiger partial charge in [-0.05, 0) is 43.0 Å². The molecule has 0 bridgehead atoms. The molecule has 1 rings (SSSR count). The summed E-state index contributed by atoms with van der Waals surface area (Å²) < 4.78 is 0. The van der Waals surface area contributed by atoms with Crippen molar-refractivity contribution in [2.75, 3.05) is 12.3 Å². The van der Waals surface area contributed by atoms with Gasteiger partial charge < -0.3 is 11.1 Å². The van der Waals surface area contributed by atoms with E-state index in [1.165, 1.54) is 19.3 Å². The summed E-state index contributed by atoms with van der Waals surface area (Å²) in [7, 11) is 0. The first-order valence-corrected chi connectivity index (χ1v) is 7.22. The minimum Gasteiger partial charge on any atom is -0.399 e. The highest BCUT2D eigenvalue weighted by molar-refractivity contribution is 5.95. The molecule has 0 saturated carbocycles. The fraction of sp³-hybridized carbons (Fsp3) is 0.562. The van der Waals surface area contributed by atoms with Gasteiger partial charge in [-0.3, -0.25) is 4.79 Å². The fourth-order valence-corrected chi connectivity index (χ4v) is 2.23. The Hall–Kier alpha value is -1.51. The standard InChI is InChI=1S/C16H26N2O/c1-4-6-7-13(5-2)11-18-16(19)14-8-12(3)9-15(17)10-14/h8-10,13H,4-7,11,17H2,1-3H3,(H,18,19). The maximum Gasteiger partial charge on any atom is 0.251 e. The molecular formula is C16H26N2O. The molecule has 3 nitrogen and oxygen atoms in total. The van der Waals surface area contributed by atoms with Crippen LogP contribution in [0, 0.1) is 12.8 Å². The molecule has 1 aromatic rings. The molecule has 0 heterocycles. The Kier molecular flexibility index (Phi) is 6.40. The van der Waals surface area contributed by atoms with E-state index in [9.17, 15) is 4.79 Å². The van der Waals surface area contributed by atoms with Crippen LogP contribution in [0.25, 0.3) is 0 Å². The van der Waals surface area contributed by atoms with Crippen LogP contribution >= 0.6 is 0 Å². The number of benzene rings is 1. The zero-order valence-electron chi connectivity index (χ0n) is 12.3. The Labute approximate surface area is 116 Å². The Morgan fingerprint density at radius 3 is 2.63 bits per heavy atom. The molecule has 19 heavy (non-hydrogen) atoms. The second kappa shape index (κ2) is 7.82. The topological polar surface area (TPSA) is 55.1 Å². The largest absolute Gasteiger partial charge is 0.399 e. The van der Waals surface area contributed by atoms with Crippen LogP contribution in [0.1, 0.15) is 55.5 Å². The number of unbranched alkanes of at least 4 members (excludes halogenated alkanes) is 1. The van der Waals surface area contributed by atoms with Gasteiger partial charge in [0.05, 0.1) is 0 Å². The lowest BCUT2D eigenvalue weighted by atomic mass is 9.99. The molecule has 0 fully saturated rings. The molecule has 1 unspecified atom stereocenters. The van der Waals surface area contributed by atoms with Gasteiger partial charge in [0.2, 0.25) is 0 Å². The zero-order valence-corrected chi connectivity index (χ0v) is 12.3. The normalized spacial score (nSPS) is 12.2. The van der Waals surface area contributed by atoms with Crippen molar-refractivity contribution in [3.05, 3.63) is 29.3 Å². The Balaban J connectivity index is 2.54. The third-order valence-corrected chi connectivity index (χ3v) is 3.46. The van der Waals surface area contributed by atoms with Crippen LogP contribution in [-0.4, -0.2) is 12.5 Å². The van der Waals surface area contributed by atoms with Crippen molar-refractivity contribution < 1.29 is 4.79 Å². The van der Waals surface area contributed by atoms with E-state index >= 15 is 0 Å². The number of carbonyl (C=O) groups is 1. The van der Waals surface area contributed by atoms with Gasteiger partial charge in [-0.25, -0.2) is 0 Å². The van der Waals surface area contributed by atoms with Gasteiger partial charge in [0.25, 0.3) is 5.91 Å². The number of hydrogen-bond acceptors (Lipinski definition) is 2. The molecule has 3 heteroatoms. The molecule has 0 aliphatic carbocycles. The summed E-state index contributed by atoms with van der Waals surface area (Å²) in [5, 5.41) is 3.02. The summed E-state index contributed by atoms with van der Waals surface area (Å²) in [4.78, 5) is 12.1. The molecule has 3 N–H and O–H groups in total. The average Bonchev–Trinajstić information content (AvgIpc) is 2.37. The Bertz CT molecular complexity index is 395. The summed E-state index contributed by atoms with van der Waals surface area (Å²) in [5.74, 6) is 0.552. The molecule has 0 aromatic heterocycles. The van der Waals surface area contributed by atoms with E-state index in [2.05, 4.69) is 19.2 Å². The third kappa shape index (κ3) is 5.33. The monoisotopic (exact) mass is 262 g/mol. The summed E-state index contributed by atoms with van der Waals surface area (Å²) >= 11 is 0. The summed E-state index contributed by atoms with van der Waals surface area (Å²) in [6.07, 6.45) is 4.73. The average molecular weight is 262 g/mol. The number of amides is 1. The number of nitrogens with one attached hydrogen (secondary N) is 1. The van der Waals surface area contributed by atoms with E-state index < -0.39 is 0 Å². The first-order chi connectivity index (χ1) is 9.06. The summed E-state index contributed by atoms with van der Waals surface area (Å²) in [5.41, 5.74) is 8.08. The first-order valence-electron chi connectivity index (χ1n) is 7.22. The zero-order chi connectivity index (χ0) is 14.3. The number of rotatable bonds is 7. The van der Waals surface area contributed by atoms with Gasteiger partial charge >= 0.3 is 0 Å². The van der Waals surface area contributed by atoms with Crippen LogP contribution in [0.3, 0.4) is 0 Å². The van der Waals surface area contributed by atoms with Crippen molar-refractivity contribution in [3.8, 4) is 0 Å². The van der Waals surface area contributed by atoms with Crippen LogP contribution in [-0.2, 0) is 0 Å². The van der Waals surface area contributed by atoms with E-state index in [1.54, 1.807) is 6.07 Å². The van der Waals surface area contributed by atoms with Crippen molar-refractivity contribution >= 4 is 11.6 Å². The lowest BCUT2D eigenvalue weighted by Gasteiger charge is -2.15. The van der Waals surface area contributed by atoms with E-state index in [-0.39, 0.29) is 5.91 Å². The number of hydrogen-bond donors (Lipinski definition) is 2. The van der Waals surface area contributed by atoms with Crippen LogP contribution < -0.4 is 11.1 Å². The van der Waals surface area contributed by atoms with Crippen molar-refractivity contribution in [2.24, 2.45) is 5.92 Å². The maximum absolute atomic E-state index is 12.1. The van der Waals surface area contributed by atoms with Crippen LogP contribution in [0.4, 0.5) is 5.69 Å². The molecule has 0 aliphatic heterocycles. The maximum atomic E-state index is 12.1. The lowest BCUT2D eigenvalue weighted by molar-refractivity contribution is 0.0946. The van der Waals surface area contributed by atoms with Crippen molar-refractivity contribution in [1.29, 1.82) is 0 Å². The minimum atomic E-state index is -0.0228.